The summed E-state index contributed by atoms with van der Waals surface area (Å²) in [5.74, 6) is -0.422. The van der Waals surface area contributed by atoms with Gasteiger partial charge in [-0.1, -0.05) is 50.2 Å². The number of hydrogen-bond donors (Lipinski definition) is 1. The van der Waals surface area contributed by atoms with E-state index in [-0.39, 0.29) is 25.1 Å². The highest BCUT2D eigenvalue weighted by atomic mass is 19.4. The minimum Gasteiger partial charge on any atom is -0.487 e. The van der Waals surface area contributed by atoms with Gasteiger partial charge in [-0.05, 0) is 65.4 Å². The second-order valence-electron chi connectivity index (χ2n) is 10.7. The number of rotatable bonds is 9. The maximum absolute atomic E-state index is 13.5. The van der Waals surface area contributed by atoms with Crippen LogP contribution in [0.15, 0.2) is 66.7 Å². The van der Waals surface area contributed by atoms with Gasteiger partial charge >= 0.3 is 12.1 Å². The van der Waals surface area contributed by atoms with Crippen LogP contribution in [0.3, 0.4) is 0 Å². The number of benzene rings is 3. The molecule has 0 bridgehead atoms. The van der Waals surface area contributed by atoms with E-state index >= 15 is 0 Å². The molecule has 0 aromatic heterocycles. The number of carbonyl (C=O) groups is 2. The normalized spacial score (nSPS) is 16.6. The van der Waals surface area contributed by atoms with Crippen molar-refractivity contribution in [2.24, 2.45) is 0 Å². The molecule has 1 N–H and O–H groups in total. The fourth-order valence-electron chi connectivity index (χ4n) is 4.94. The molecule has 0 saturated carbocycles. The molecule has 1 aliphatic rings. The van der Waals surface area contributed by atoms with Crippen molar-refractivity contribution in [1.29, 1.82) is 0 Å². The molecular weight excluding hydrogens is 507 g/mol. The summed E-state index contributed by atoms with van der Waals surface area (Å²) in [7, 11) is 0. The Morgan fingerprint density at radius 2 is 1.74 bits per heavy atom. The third-order valence-corrected chi connectivity index (χ3v) is 6.96. The zero-order valence-corrected chi connectivity index (χ0v) is 22.2. The van der Waals surface area contributed by atoms with Crippen LogP contribution in [-0.2, 0) is 30.4 Å². The molecule has 0 saturated heterocycles. The fraction of sp³-hybridized carbons (Fsp3) is 0.355. The van der Waals surface area contributed by atoms with Crippen LogP contribution < -0.4 is 4.74 Å². The van der Waals surface area contributed by atoms with E-state index in [9.17, 15) is 27.9 Å². The molecule has 1 aliphatic heterocycles. The Morgan fingerprint density at radius 3 is 2.38 bits per heavy atom. The van der Waals surface area contributed by atoms with Crippen molar-refractivity contribution in [3.05, 3.63) is 100 Å². The Balaban J connectivity index is 1.52. The van der Waals surface area contributed by atoms with Gasteiger partial charge in [-0.3, -0.25) is 9.59 Å². The van der Waals surface area contributed by atoms with E-state index in [2.05, 4.69) is 38.1 Å². The van der Waals surface area contributed by atoms with Crippen LogP contribution in [0.5, 0.6) is 5.75 Å². The van der Waals surface area contributed by atoms with Gasteiger partial charge in [-0.15, -0.1) is 0 Å². The molecule has 1 heterocycles. The number of fused-ring (bicyclic) bond motifs is 1. The van der Waals surface area contributed by atoms with Crippen LogP contribution in [-0.4, -0.2) is 34.0 Å². The molecule has 5 nitrogen and oxygen atoms in total. The van der Waals surface area contributed by atoms with Gasteiger partial charge in [-0.2, -0.15) is 13.2 Å². The molecule has 0 aliphatic carbocycles. The van der Waals surface area contributed by atoms with Crippen LogP contribution in [0, 0.1) is 0 Å². The highest BCUT2D eigenvalue weighted by Gasteiger charge is 2.36. The van der Waals surface area contributed by atoms with Gasteiger partial charge in [0.25, 0.3) is 5.91 Å². The van der Waals surface area contributed by atoms with Gasteiger partial charge in [0.15, 0.2) is 0 Å². The number of amides is 1. The molecule has 1 atom stereocenters. The van der Waals surface area contributed by atoms with Crippen molar-refractivity contribution in [2.45, 2.75) is 64.3 Å². The Bertz CT molecular complexity index is 1350. The van der Waals surface area contributed by atoms with Gasteiger partial charge in [-0.25, -0.2) is 0 Å². The predicted octanol–water partition coefficient (Wildman–Crippen LogP) is 6.88. The summed E-state index contributed by atoms with van der Waals surface area (Å²) in [6, 6.07) is 18.3. The van der Waals surface area contributed by atoms with Crippen LogP contribution in [0.1, 0.15) is 71.3 Å². The SMILES string of the molecule is CC(C)c1ccc(C[C@@]2(C)Cc3cc(C(=O)N(CCC(=O)O)Cc4cccc(C(F)(F)F)c4)ccc3O2)cc1. The van der Waals surface area contributed by atoms with E-state index in [4.69, 9.17) is 4.74 Å². The first-order valence-corrected chi connectivity index (χ1v) is 12.9. The average molecular weight is 540 g/mol. The van der Waals surface area contributed by atoms with Crippen LogP contribution >= 0.6 is 0 Å². The molecule has 0 unspecified atom stereocenters. The van der Waals surface area contributed by atoms with Crippen LogP contribution in [0.4, 0.5) is 13.2 Å². The lowest BCUT2D eigenvalue weighted by atomic mass is 9.90. The summed E-state index contributed by atoms with van der Waals surface area (Å²) in [5.41, 5.74) is 2.55. The second kappa shape index (κ2) is 11.1. The van der Waals surface area contributed by atoms with Gasteiger partial charge < -0.3 is 14.7 Å². The number of carbonyl (C=O) groups excluding carboxylic acids is 1. The first-order chi connectivity index (χ1) is 18.3. The van der Waals surface area contributed by atoms with Crippen molar-refractivity contribution in [3.8, 4) is 5.75 Å². The van der Waals surface area contributed by atoms with Crippen LogP contribution in [0.2, 0.25) is 0 Å². The number of halogens is 3. The monoisotopic (exact) mass is 539 g/mol. The predicted molar refractivity (Wildman–Crippen MR) is 142 cm³/mol. The number of alkyl halides is 3. The van der Waals surface area contributed by atoms with Gasteiger partial charge in [0, 0.05) is 31.5 Å². The summed E-state index contributed by atoms with van der Waals surface area (Å²) in [4.78, 5) is 26.0. The summed E-state index contributed by atoms with van der Waals surface area (Å²) < 4.78 is 45.9. The molecule has 3 aromatic carbocycles. The number of carboxylic acid groups (broad SMARTS) is 1. The standard InChI is InChI=1S/C31H32F3NO4/c1-20(2)23-9-7-21(8-10-23)17-30(3)18-25-16-24(11-12-27(25)39-30)29(38)35(14-13-28(36)37)19-22-5-4-6-26(15-22)31(32,33)34/h4-12,15-16,20H,13-14,17-19H2,1-3H3,(H,36,37)/t30-/m0/s1. The number of ether oxygens (including phenoxy) is 1. The number of carboxylic acids is 1. The second-order valence-corrected chi connectivity index (χ2v) is 10.7. The Morgan fingerprint density at radius 1 is 1.03 bits per heavy atom. The van der Waals surface area contributed by atoms with E-state index in [1.807, 2.05) is 6.92 Å². The first-order valence-electron chi connectivity index (χ1n) is 12.9. The van der Waals surface area contributed by atoms with E-state index in [1.54, 1.807) is 18.2 Å². The largest absolute Gasteiger partial charge is 0.487 e. The summed E-state index contributed by atoms with van der Waals surface area (Å²) >= 11 is 0. The summed E-state index contributed by atoms with van der Waals surface area (Å²) in [5, 5.41) is 9.18. The molecule has 1 amide bonds. The average Bonchev–Trinajstić information content (AvgIpc) is 3.20. The molecule has 0 spiro atoms. The maximum Gasteiger partial charge on any atom is 0.416 e. The molecule has 206 valence electrons. The van der Waals surface area contributed by atoms with Crippen LogP contribution in [0.25, 0.3) is 0 Å². The molecule has 0 radical (unpaired) electrons. The zero-order chi connectivity index (χ0) is 28.4. The topological polar surface area (TPSA) is 66.8 Å². The smallest absolute Gasteiger partial charge is 0.416 e. The highest BCUT2D eigenvalue weighted by Crippen LogP contribution is 2.38. The third kappa shape index (κ3) is 6.99. The molecular formula is C31H32F3NO4. The van der Waals surface area contributed by atoms with E-state index in [0.29, 0.717) is 30.1 Å². The summed E-state index contributed by atoms with van der Waals surface area (Å²) in [6.45, 7) is 6.04. The van der Waals surface area contributed by atoms with Gasteiger partial charge in [0.1, 0.15) is 11.4 Å². The van der Waals surface area contributed by atoms with Crippen molar-refractivity contribution in [2.75, 3.05) is 6.54 Å². The third-order valence-electron chi connectivity index (χ3n) is 6.96. The van der Waals surface area contributed by atoms with Crippen molar-refractivity contribution in [1.82, 2.24) is 4.90 Å². The molecule has 8 heteroatoms. The number of aliphatic carboxylic acids is 1. The number of hydrogen-bond acceptors (Lipinski definition) is 3. The Kier molecular flexibility index (Phi) is 8.04. The van der Waals surface area contributed by atoms with Crippen molar-refractivity contribution in [3.63, 3.8) is 0 Å². The molecule has 0 fully saturated rings. The quantitative estimate of drug-likeness (QED) is 0.322. The Hall–Kier alpha value is -3.81. The lowest BCUT2D eigenvalue weighted by Crippen LogP contribution is -2.33. The van der Waals surface area contributed by atoms with Gasteiger partial charge in [0.05, 0.1) is 12.0 Å². The van der Waals surface area contributed by atoms with E-state index in [0.717, 1.165) is 23.3 Å². The van der Waals surface area contributed by atoms with Gasteiger partial charge in [0.2, 0.25) is 0 Å². The fourth-order valence-corrected chi connectivity index (χ4v) is 4.94. The maximum atomic E-state index is 13.5. The number of nitrogens with zero attached hydrogens (tertiary/aromatic N) is 1. The lowest BCUT2D eigenvalue weighted by molar-refractivity contribution is -0.138. The van der Waals surface area contributed by atoms with E-state index < -0.39 is 29.2 Å². The molecule has 3 aromatic rings. The zero-order valence-electron chi connectivity index (χ0n) is 22.2. The minimum atomic E-state index is -4.52. The minimum absolute atomic E-state index is 0.137. The lowest BCUT2D eigenvalue weighted by Gasteiger charge is -2.24. The van der Waals surface area contributed by atoms with Crippen molar-refractivity contribution >= 4 is 11.9 Å². The Labute approximate surface area is 226 Å². The first kappa shape index (κ1) is 28.2. The summed E-state index contributed by atoms with van der Waals surface area (Å²) in [6.07, 6.45) is -3.58. The van der Waals surface area contributed by atoms with Crippen molar-refractivity contribution < 1.29 is 32.6 Å². The highest BCUT2D eigenvalue weighted by molar-refractivity contribution is 5.95. The van der Waals surface area contributed by atoms with E-state index in [1.165, 1.54) is 22.6 Å². The molecule has 4 rings (SSSR count). The molecule has 39 heavy (non-hydrogen) atoms.